The number of anilines is 1. The molecule has 1 N–H and O–H groups in total. The van der Waals surface area contributed by atoms with E-state index in [1.54, 1.807) is 0 Å². The monoisotopic (exact) mass is 289 g/mol. The van der Waals surface area contributed by atoms with E-state index in [0.29, 0.717) is 0 Å². The molecule has 0 spiro atoms. The highest BCUT2D eigenvalue weighted by Gasteiger charge is 2.38. The maximum atomic E-state index is 6.15. The van der Waals surface area contributed by atoms with Crippen molar-refractivity contribution in [3.63, 3.8) is 0 Å². The van der Waals surface area contributed by atoms with Gasteiger partial charge in [-0.05, 0) is 58.2 Å². The zero-order chi connectivity index (χ0) is 15.1. The molecule has 116 valence electrons. The second-order valence-corrected chi connectivity index (χ2v) is 7.65. The summed E-state index contributed by atoms with van der Waals surface area (Å²) in [6.45, 7) is 11.3. The molecule has 4 heteroatoms. The summed E-state index contributed by atoms with van der Waals surface area (Å²) < 4.78 is 6.15. The number of hydrogen-bond acceptors (Lipinski definition) is 4. The van der Waals surface area contributed by atoms with Crippen LogP contribution >= 0.6 is 0 Å². The fraction of sp³-hybridized carbons (Fsp3) is 0.706. The predicted molar refractivity (Wildman–Crippen MR) is 85.6 cm³/mol. The van der Waals surface area contributed by atoms with E-state index in [4.69, 9.17) is 4.74 Å². The topological polar surface area (TPSA) is 37.4 Å². The Bertz CT molecular complexity index is 493. The van der Waals surface area contributed by atoms with Crippen molar-refractivity contribution in [1.82, 2.24) is 10.3 Å². The van der Waals surface area contributed by atoms with Gasteiger partial charge in [0.2, 0.25) is 0 Å². The molecular weight excluding hydrogens is 262 g/mol. The lowest BCUT2D eigenvalue weighted by atomic mass is 9.99. The van der Waals surface area contributed by atoms with Gasteiger partial charge in [0.25, 0.3) is 0 Å². The van der Waals surface area contributed by atoms with E-state index in [1.807, 2.05) is 6.20 Å². The maximum absolute atomic E-state index is 6.15. The molecule has 21 heavy (non-hydrogen) atoms. The Morgan fingerprint density at radius 3 is 2.52 bits per heavy atom. The van der Waals surface area contributed by atoms with Crippen molar-refractivity contribution in [2.45, 2.75) is 64.3 Å². The number of nitrogens with zero attached hydrogens (tertiary/aromatic N) is 2. The molecule has 4 nitrogen and oxygen atoms in total. The van der Waals surface area contributed by atoms with Crippen LogP contribution in [0.25, 0.3) is 0 Å². The largest absolute Gasteiger partial charge is 0.366 e. The molecule has 1 aromatic heterocycles. The second kappa shape index (κ2) is 5.25. The highest BCUT2D eigenvalue weighted by atomic mass is 16.5. The van der Waals surface area contributed by atoms with Gasteiger partial charge in [-0.1, -0.05) is 0 Å². The van der Waals surface area contributed by atoms with Crippen LogP contribution in [0.1, 0.15) is 46.1 Å². The SMILES string of the molecule is CC1(C)CN(c2cc(CNC3CC3)ccn2)CC(C)(C)O1. The minimum Gasteiger partial charge on any atom is -0.366 e. The number of pyridine rings is 1. The van der Waals surface area contributed by atoms with Gasteiger partial charge in [-0.15, -0.1) is 0 Å². The molecule has 0 amide bonds. The lowest BCUT2D eigenvalue weighted by Gasteiger charge is -2.47. The summed E-state index contributed by atoms with van der Waals surface area (Å²) in [6.07, 6.45) is 4.57. The average molecular weight is 289 g/mol. The first-order valence-electron chi connectivity index (χ1n) is 7.96. The third-order valence-electron chi connectivity index (χ3n) is 4.00. The smallest absolute Gasteiger partial charge is 0.128 e. The molecule has 1 aliphatic carbocycles. The Labute approximate surface area is 127 Å². The van der Waals surface area contributed by atoms with Gasteiger partial charge < -0.3 is 15.0 Å². The van der Waals surface area contributed by atoms with Crippen LogP contribution in [-0.4, -0.2) is 35.3 Å². The van der Waals surface area contributed by atoms with E-state index in [0.717, 1.165) is 31.5 Å². The Morgan fingerprint density at radius 1 is 1.24 bits per heavy atom. The summed E-state index contributed by atoms with van der Waals surface area (Å²) in [5.74, 6) is 1.06. The third-order valence-corrected chi connectivity index (χ3v) is 4.00. The zero-order valence-electron chi connectivity index (χ0n) is 13.6. The Balaban J connectivity index is 1.73. The molecule has 0 atom stereocenters. The summed E-state index contributed by atoms with van der Waals surface area (Å²) in [5, 5.41) is 3.56. The highest BCUT2D eigenvalue weighted by molar-refractivity contribution is 5.42. The molecule has 0 aromatic carbocycles. The van der Waals surface area contributed by atoms with Crippen LogP contribution in [0.2, 0.25) is 0 Å². The van der Waals surface area contributed by atoms with Crippen LogP contribution in [0, 0.1) is 0 Å². The number of ether oxygens (including phenoxy) is 1. The summed E-state index contributed by atoms with van der Waals surface area (Å²) in [7, 11) is 0. The summed E-state index contributed by atoms with van der Waals surface area (Å²) >= 11 is 0. The number of morpholine rings is 1. The first kappa shape index (κ1) is 14.8. The molecule has 1 aliphatic heterocycles. The van der Waals surface area contributed by atoms with Gasteiger partial charge in [0.15, 0.2) is 0 Å². The Hall–Kier alpha value is -1.13. The standard InChI is InChI=1S/C17H27N3O/c1-16(2)11-20(12-17(3,4)21-16)15-9-13(7-8-18-15)10-19-14-5-6-14/h7-9,14,19H,5-6,10-12H2,1-4H3. The number of nitrogens with one attached hydrogen (secondary N) is 1. The number of aromatic nitrogens is 1. The summed E-state index contributed by atoms with van der Waals surface area (Å²) in [4.78, 5) is 6.93. The van der Waals surface area contributed by atoms with E-state index in [9.17, 15) is 0 Å². The predicted octanol–water partition coefficient (Wildman–Crippen LogP) is 2.73. The zero-order valence-corrected chi connectivity index (χ0v) is 13.6. The van der Waals surface area contributed by atoms with Gasteiger partial charge >= 0.3 is 0 Å². The van der Waals surface area contributed by atoms with Crippen molar-refractivity contribution in [3.05, 3.63) is 23.9 Å². The average Bonchev–Trinajstić information content (AvgIpc) is 3.17. The Kier molecular flexibility index (Phi) is 3.70. The van der Waals surface area contributed by atoms with Gasteiger partial charge in [-0.25, -0.2) is 4.98 Å². The molecule has 2 heterocycles. The van der Waals surface area contributed by atoms with Gasteiger partial charge in [-0.3, -0.25) is 0 Å². The first-order valence-corrected chi connectivity index (χ1v) is 7.96. The molecule has 2 aliphatic rings. The molecular formula is C17H27N3O. The lowest BCUT2D eigenvalue weighted by Crippen LogP contribution is -2.57. The van der Waals surface area contributed by atoms with Crippen molar-refractivity contribution < 1.29 is 4.74 Å². The van der Waals surface area contributed by atoms with E-state index in [2.05, 4.69) is 55.0 Å². The van der Waals surface area contributed by atoms with E-state index < -0.39 is 0 Å². The molecule has 0 bridgehead atoms. The normalized spacial score (nSPS) is 24.1. The minimum absolute atomic E-state index is 0.147. The van der Waals surface area contributed by atoms with Crippen molar-refractivity contribution in [2.24, 2.45) is 0 Å². The maximum Gasteiger partial charge on any atom is 0.128 e. The van der Waals surface area contributed by atoms with Crippen LogP contribution in [0.5, 0.6) is 0 Å². The van der Waals surface area contributed by atoms with Crippen molar-refractivity contribution in [3.8, 4) is 0 Å². The molecule has 1 saturated heterocycles. The van der Waals surface area contributed by atoms with Crippen LogP contribution in [0.4, 0.5) is 5.82 Å². The minimum atomic E-state index is -0.147. The van der Waals surface area contributed by atoms with Crippen LogP contribution in [-0.2, 0) is 11.3 Å². The third kappa shape index (κ3) is 3.95. The Morgan fingerprint density at radius 2 is 1.90 bits per heavy atom. The van der Waals surface area contributed by atoms with Gasteiger partial charge in [0.05, 0.1) is 11.2 Å². The van der Waals surface area contributed by atoms with Crippen LogP contribution in [0.15, 0.2) is 18.3 Å². The molecule has 0 radical (unpaired) electrons. The van der Waals surface area contributed by atoms with Gasteiger partial charge in [0.1, 0.15) is 5.82 Å². The van der Waals surface area contributed by atoms with Gasteiger partial charge in [-0.2, -0.15) is 0 Å². The fourth-order valence-electron chi connectivity index (χ4n) is 3.24. The van der Waals surface area contributed by atoms with E-state index >= 15 is 0 Å². The van der Waals surface area contributed by atoms with Crippen molar-refractivity contribution in [1.29, 1.82) is 0 Å². The summed E-state index contributed by atoms with van der Waals surface area (Å²) in [6, 6.07) is 5.06. The number of rotatable bonds is 4. The van der Waals surface area contributed by atoms with E-state index in [1.165, 1.54) is 18.4 Å². The first-order chi connectivity index (χ1) is 9.83. The lowest BCUT2D eigenvalue weighted by molar-refractivity contribution is -0.133. The molecule has 2 fully saturated rings. The quantitative estimate of drug-likeness (QED) is 0.925. The highest BCUT2D eigenvalue weighted by Crippen LogP contribution is 2.30. The second-order valence-electron chi connectivity index (χ2n) is 7.65. The molecule has 3 rings (SSSR count). The van der Waals surface area contributed by atoms with Crippen molar-refractivity contribution >= 4 is 5.82 Å². The van der Waals surface area contributed by atoms with Crippen LogP contribution < -0.4 is 10.2 Å². The molecule has 1 aromatic rings. The molecule has 1 saturated carbocycles. The fourth-order valence-corrected chi connectivity index (χ4v) is 3.24. The summed E-state index contributed by atoms with van der Waals surface area (Å²) in [5.41, 5.74) is 1.02. The van der Waals surface area contributed by atoms with E-state index in [-0.39, 0.29) is 11.2 Å². The van der Waals surface area contributed by atoms with Crippen molar-refractivity contribution in [2.75, 3.05) is 18.0 Å². The molecule has 0 unspecified atom stereocenters. The van der Waals surface area contributed by atoms with Gasteiger partial charge in [0, 0.05) is 31.9 Å². The van der Waals surface area contributed by atoms with Crippen LogP contribution in [0.3, 0.4) is 0 Å². The number of hydrogen-bond donors (Lipinski definition) is 1.